The number of amides is 1. The van der Waals surface area contributed by atoms with Gasteiger partial charge in [-0.3, -0.25) is 4.79 Å². The van der Waals surface area contributed by atoms with Crippen LogP contribution in [0.3, 0.4) is 0 Å². The van der Waals surface area contributed by atoms with Gasteiger partial charge in [0, 0.05) is 23.1 Å². The molecule has 1 amide bonds. The first-order valence-corrected chi connectivity index (χ1v) is 8.42. The third-order valence-corrected chi connectivity index (χ3v) is 4.12. The maximum atomic E-state index is 12.2. The summed E-state index contributed by atoms with van der Waals surface area (Å²) in [6, 6.07) is 8.14. The fourth-order valence-corrected chi connectivity index (χ4v) is 2.82. The molecular formula is C19H28N2O2. The van der Waals surface area contributed by atoms with Gasteiger partial charge in [-0.2, -0.15) is 0 Å². The van der Waals surface area contributed by atoms with Gasteiger partial charge in [-0.25, -0.2) is 0 Å². The second kappa shape index (κ2) is 8.04. The summed E-state index contributed by atoms with van der Waals surface area (Å²) in [6.45, 7) is 6.89. The van der Waals surface area contributed by atoms with E-state index in [-0.39, 0.29) is 11.9 Å². The van der Waals surface area contributed by atoms with E-state index in [1.165, 1.54) is 6.42 Å². The minimum absolute atomic E-state index is 0.0652. The molecule has 2 aromatic rings. The van der Waals surface area contributed by atoms with E-state index in [2.05, 4.69) is 26.1 Å². The zero-order valence-electron chi connectivity index (χ0n) is 14.6. The van der Waals surface area contributed by atoms with Crippen molar-refractivity contribution in [2.24, 2.45) is 5.92 Å². The second-order valence-electron chi connectivity index (χ2n) is 6.66. The third-order valence-electron chi connectivity index (χ3n) is 4.12. The van der Waals surface area contributed by atoms with Crippen LogP contribution in [0.5, 0.6) is 5.75 Å². The van der Waals surface area contributed by atoms with Gasteiger partial charge in [-0.05, 0) is 43.5 Å². The number of ether oxygens (including phenoxy) is 1. The summed E-state index contributed by atoms with van der Waals surface area (Å²) >= 11 is 0. The lowest BCUT2D eigenvalue weighted by Gasteiger charge is -2.15. The Kier molecular flexibility index (Phi) is 6.08. The summed E-state index contributed by atoms with van der Waals surface area (Å²) < 4.78 is 7.21. The maximum Gasteiger partial charge on any atom is 0.240 e. The normalized spacial score (nSPS) is 12.6. The average Bonchev–Trinajstić information content (AvgIpc) is 2.88. The number of aromatic nitrogens is 1. The lowest BCUT2D eigenvalue weighted by Crippen LogP contribution is -2.34. The fourth-order valence-electron chi connectivity index (χ4n) is 2.82. The van der Waals surface area contributed by atoms with Gasteiger partial charge in [0.15, 0.2) is 0 Å². The Labute approximate surface area is 138 Å². The number of nitrogens with zero attached hydrogens (tertiary/aromatic N) is 1. The number of carbonyl (C=O) groups excluding carboxylic acids is 1. The summed E-state index contributed by atoms with van der Waals surface area (Å²) in [5.74, 6) is 1.62. The minimum atomic E-state index is 0.0652. The van der Waals surface area contributed by atoms with Crippen LogP contribution < -0.4 is 10.1 Å². The Morgan fingerprint density at radius 1 is 1.22 bits per heavy atom. The number of hydrogen-bond acceptors (Lipinski definition) is 2. The van der Waals surface area contributed by atoms with E-state index in [0.717, 1.165) is 35.4 Å². The minimum Gasteiger partial charge on any atom is -0.497 e. The zero-order valence-corrected chi connectivity index (χ0v) is 14.6. The van der Waals surface area contributed by atoms with Crippen LogP contribution in [0.1, 0.15) is 40.0 Å². The highest BCUT2D eigenvalue weighted by molar-refractivity contribution is 5.84. The smallest absolute Gasteiger partial charge is 0.240 e. The Balaban J connectivity index is 1.90. The van der Waals surface area contributed by atoms with Crippen LogP contribution in [0.2, 0.25) is 0 Å². The second-order valence-corrected chi connectivity index (χ2v) is 6.66. The van der Waals surface area contributed by atoms with E-state index < -0.39 is 0 Å². The van der Waals surface area contributed by atoms with Crippen molar-refractivity contribution in [3.63, 3.8) is 0 Å². The number of carbonyl (C=O) groups is 1. The lowest BCUT2D eigenvalue weighted by atomic mass is 10.0. The summed E-state index contributed by atoms with van der Waals surface area (Å²) in [5.41, 5.74) is 1.05. The first-order chi connectivity index (χ1) is 11.0. The number of fused-ring (bicyclic) bond motifs is 1. The van der Waals surface area contributed by atoms with Gasteiger partial charge >= 0.3 is 0 Å². The number of hydrogen-bond donors (Lipinski definition) is 1. The van der Waals surface area contributed by atoms with E-state index in [9.17, 15) is 4.79 Å². The highest BCUT2D eigenvalue weighted by atomic mass is 16.5. The van der Waals surface area contributed by atoms with Gasteiger partial charge in [0.05, 0.1) is 7.11 Å². The molecule has 1 atom stereocenters. The molecule has 0 unspecified atom stereocenters. The van der Waals surface area contributed by atoms with Gasteiger partial charge in [-0.15, -0.1) is 0 Å². The van der Waals surface area contributed by atoms with Gasteiger partial charge < -0.3 is 14.6 Å². The highest BCUT2D eigenvalue weighted by Crippen LogP contribution is 2.21. The molecule has 0 saturated heterocycles. The molecular weight excluding hydrogens is 288 g/mol. The van der Waals surface area contributed by atoms with E-state index in [1.54, 1.807) is 7.11 Å². The van der Waals surface area contributed by atoms with Crippen LogP contribution in [0.4, 0.5) is 0 Å². The molecule has 4 nitrogen and oxygen atoms in total. The molecule has 1 heterocycles. The van der Waals surface area contributed by atoms with Crippen LogP contribution in [0, 0.1) is 5.92 Å². The molecule has 1 N–H and O–H groups in total. The zero-order chi connectivity index (χ0) is 16.8. The largest absolute Gasteiger partial charge is 0.497 e. The van der Waals surface area contributed by atoms with Crippen molar-refractivity contribution in [1.29, 1.82) is 0 Å². The standard InChI is InChI=1S/C19H28N2O2/c1-14(2)6-5-7-15(3)20-19(22)13-21-11-10-16-12-17(23-4)8-9-18(16)21/h8-12,14-15H,5-7,13H2,1-4H3,(H,20,22)/t15-/m1/s1. The van der Waals surface area contributed by atoms with E-state index in [1.807, 2.05) is 35.0 Å². The van der Waals surface area contributed by atoms with Crippen molar-refractivity contribution in [3.8, 4) is 5.75 Å². The molecule has 0 saturated carbocycles. The molecule has 126 valence electrons. The van der Waals surface area contributed by atoms with Crippen molar-refractivity contribution in [2.45, 2.75) is 52.6 Å². The molecule has 1 aromatic heterocycles. The summed E-state index contributed by atoms with van der Waals surface area (Å²) in [7, 11) is 1.66. The highest BCUT2D eigenvalue weighted by Gasteiger charge is 2.10. The van der Waals surface area contributed by atoms with Crippen molar-refractivity contribution < 1.29 is 9.53 Å². The molecule has 0 aliphatic rings. The maximum absolute atomic E-state index is 12.2. The van der Waals surface area contributed by atoms with Crippen LogP contribution >= 0.6 is 0 Å². The fraction of sp³-hybridized carbons (Fsp3) is 0.526. The Hall–Kier alpha value is -1.97. The first-order valence-electron chi connectivity index (χ1n) is 8.42. The molecule has 0 fully saturated rings. The van der Waals surface area contributed by atoms with Crippen molar-refractivity contribution in [1.82, 2.24) is 9.88 Å². The quantitative estimate of drug-likeness (QED) is 0.800. The van der Waals surface area contributed by atoms with E-state index in [0.29, 0.717) is 6.54 Å². The molecule has 1 aromatic carbocycles. The Morgan fingerprint density at radius 2 is 2.00 bits per heavy atom. The monoisotopic (exact) mass is 316 g/mol. The van der Waals surface area contributed by atoms with E-state index >= 15 is 0 Å². The van der Waals surface area contributed by atoms with Gasteiger partial charge in [0.1, 0.15) is 12.3 Å². The third kappa shape index (κ3) is 5.02. The number of nitrogens with one attached hydrogen (secondary N) is 1. The van der Waals surface area contributed by atoms with Crippen LogP contribution in [-0.4, -0.2) is 23.6 Å². The Morgan fingerprint density at radius 3 is 2.70 bits per heavy atom. The summed E-state index contributed by atoms with van der Waals surface area (Å²) in [6.07, 6.45) is 5.36. The van der Waals surface area contributed by atoms with Crippen LogP contribution in [0.15, 0.2) is 30.5 Å². The molecule has 0 radical (unpaired) electrons. The lowest BCUT2D eigenvalue weighted by molar-refractivity contribution is -0.122. The van der Waals surface area contributed by atoms with Crippen LogP contribution in [0.25, 0.3) is 10.9 Å². The molecule has 2 rings (SSSR count). The van der Waals surface area contributed by atoms with Crippen molar-refractivity contribution in [2.75, 3.05) is 7.11 Å². The van der Waals surface area contributed by atoms with E-state index in [4.69, 9.17) is 4.74 Å². The molecule has 23 heavy (non-hydrogen) atoms. The number of benzene rings is 1. The molecule has 4 heteroatoms. The van der Waals surface area contributed by atoms with Crippen molar-refractivity contribution >= 4 is 16.8 Å². The molecule has 0 aliphatic heterocycles. The van der Waals surface area contributed by atoms with Gasteiger partial charge in [0.25, 0.3) is 0 Å². The SMILES string of the molecule is COc1ccc2c(ccn2CC(=O)N[C@H](C)CCCC(C)C)c1. The van der Waals surface area contributed by atoms with Gasteiger partial charge in [-0.1, -0.05) is 26.7 Å². The predicted octanol–water partition coefficient (Wildman–Crippen LogP) is 3.98. The molecule has 0 aliphatic carbocycles. The molecule has 0 bridgehead atoms. The topological polar surface area (TPSA) is 43.3 Å². The number of rotatable bonds is 8. The van der Waals surface area contributed by atoms with Crippen LogP contribution in [-0.2, 0) is 11.3 Å². The average molecular weight is 316 g/mol. The molecule has 0 spiro atoms. The predicted molar refractivity (Wildman–Crippen MR) is 94.8 cm³/mol. The van der Waals surface area contributed by atoms with Gasteiger partial charge in [0.2, 0.25) is 5.91 Å². The summed E-state index contributed by atoms with van der Waals surface area (Å²) in [5, 5.41) is 4.18. The number of methoxy groups -OCH3 is 1. The Bertz CT molecular complexity index is 646. The summed E-state index contributed by atoms with van der Waals surface area (Å²) in [4.78, 5) is 12.2. The first kappa shape index (κ1) is 17.4. The van der Waals surface area contributed by atoms with Crippen molar-refractivity contribution in [3.05, 3.63) is 30.5 Å².